The number of hydrogen-bond donors (Lipinski definition) is 1. The molecule has 4 heteroatoms. The number of ether oxygens (including phenoxy) is 1. The van der Waals surface area contributed by atoms with Crippen molar-refractivity contribution in [1.82, 2.24) is 9.80 Å². The van der Waals surface area contributed by atoms with Crippen LogP contribution in [0.1, 0.15) is 12.0 Å². The van der Waals surface area contributed by atoms with Crippen molar-refractivity contribution in [2.45, 2.75) is 13.0 Å². The maximum atomic E-state index is 5.89. The number of methoxy groups -OCH3 is 1. The SMILES string of the molecule is COc1cc(N)cc(CN(C)CC2CCN(C)C2)c1. The highest BCUT2D eigenvalue weighted by Gasteiger charge is 2.20. The molecule has 0 radical (unpaired) electrons. The first-order valence-electron chi connectivity index (χ1n) is 6.87. The molecule has 2 rings (SSSR count). The van der Waals surface area contributed by atoms with Gasteiger partial charge in [-0.1, -0.05) is 0 Å². The van der Waals surface area contributed by atoms with Gasteiger partial charge < -0.3 is 20.3 Å². The molecule has 1 saturated heterocycles. The minimum atomic E-state index is 0.767. The van der Waals surface area contributed by atoms with Crippen LogP contribution in [0.4, 0.5) is 5.69 Å². The highest BCUT2D eigenvalue weighted by molar-refractivity contribution is 5.47. The van der Waals surface area contributed by atoms with E-state index in [0.717, 1.165) is 30.4 Å². The Morgan fingerprint density at radius 1 is 1.42 bits per heavy atom. The van der Waals surface area contributed by atoms with Crippen molar-refractivity contribution < 1.29 is 4.74 Å². The summed E-state index contributed by atoms with van der Waals surface area (Å²) in [6, 6.07) is 5.95. The summed E-state index contributed by atoms with van der Waals surface area (Å²) in [4.78, 5) is 4.78. The van der Waals surface area contributed by atoms with Gasteiger partial charge in [0.15, 0.2) is 0 Å². The molecule has 106 valence electrons. The second-order valence-electron chi connectivity index (χ2n) is 5.73. The Labute approximate surface area is 116 Å². The highest BCUT2D eigenvalue weighted by atomic mass is 16.5. The zero-order chi connectivity index (χ0) is 13.8. The van der Waals surface area contributed by atoms with Crippen LogP contribution in [0.15, 0.2) is 18.2 Å². The molecule has 0 amide bonds. The maximum Gasteiger partial charge on any atom is 0.121 e. The van der Waals surface area contributed by atoms with E-state index in [2.05, 4.69) is 30.0 Å². The van der Waals surface area contributed by atoms with Crippen LogP contribution in [0.25, 0.3) is 0 Å². The van der Waals surface area contributed by atoms with Crippen LogP contribution >= 0.6 is 0 Å². The molecule has 1 fully saturated rings. The van der Waals surface area contributed by atoms with Gasteiger partial charge in [-0.15, -0.1) is 0 Å². The average molecular weight is 263 g/mol. The Balaban J connectivity index is 1.91. The highest BCUT2D eigenvalue weighted by Crippen LogP contribution is 2.21. The maximum absolute atomic E-state index is 5.89. The summed E-state index contributed by atoms with van der Waals surface area (Å²) in [6.07, 6.45) is 1.31. The van der Waals surface area contributed by atoms with Gasteiger partial charge >= 0.3 is 0 Å². The summed E-state index contributed by atoms with van der Waals surface area (Å²) in [6.45, 7) is 4.50. The molecular weight excluding hydrogens is 238 g/mol. The molecule has 1 aliphatic rings. The molecule has 0 saturated carbocycles. The van der Waals surface area contributed by atoms with Crippen LogP contribution in [0, 0.1) is 5.92 Å². The van der Waals surface area contributed by atoms with Crippen LogP contribution in [0.3, 0.4) is 0 Å². The molecule has 19 heavy (non-hydrogen) atoms. The van der Waals surface area contributed by atoms with E-state index < -0.39 is 0 Å². The van der Waals surface area contributed by atoms with Gasteiger partial charge in [0.2, 0.25) is 0 Å². The Bertz CT molecular complexity index is 422. The van der Waals surface area contributed by atoms with Gasteiger partial charge in [0.25, 0.3) is 0 Å². The standard InChI is InChI=1S/C15H25N3O/c1-17-5-4-12(9-17)10-18(2)11-13-6-14(16)8-15(7-13)19-3/h6-8,12H,4-5,9-11,16H2,1-3H3. The van der Waals surface area contributed by atoms with E-state index in [1.807, 2.05) is 12.1 Å². The molecule has 2 N–H and O–H groups in total. The first kappa shape index (κ1) is 14.2. The second-order valence-corrected chi connectivity index (χ2v) is 5.73. The molecule has 0 aromatic heterocycles. The van der Waals surface area contributed by atoms with Crippen molar-refractivity contribution in [3.05, 3.63) is 23.8 Å². The van der Waals surface area contributed by atoms with Crippen molar-refractivity contribution in [3.63, 3.8) is 0 Å². The lowest BCUT2D eigenvalue weighted by Crippen LogP contribution is -2.27. The summed E-state index contributed by atoms with van der Waals surface area (Å²) < 4.78 is 5.26. The van der Waals surface area contributed by atoms with E-state index in [0.29, 0.717) is 0 Å². The fourth-order valence-corrected chi connectivity index (χ4v) is 2.89. The molecular formula is C15H25N3O. The smallest absolute Gasteiger partial charge is 0.121 e. The van der Waals surface area contributed by atoms with Crippen molar-refractivity contribution in [3.8, 4) is 5.75 Å². The van der Waals surface area contributed by atoms with Gasteiger partial charge in [-0.3, -0.25) is 0 Å². The second kappa shape index (κ2) is 6.26. The predicted octanol–water partition coefficient (Wildman–Crippen LogP) is 1.66. The molecule has 1 aromatic carbocycles. The summed E-state index contributed by atoms with van der Waals surface area (Å²) >= 11 is 0. The van der Waals surface area contributed by atoms with Crippen molar-refractivity contribution >= 4 is 5.69 Å². The molecule has 1 atom stereocenters. The number of hydrogen-bond acceptors (Lipinski definition) is 4. The minimum absolute atomic E-state index is 0.767. The fraction of sp³-hybridized carbons (Fsp3) is 0.600. The monoisotopic (exact) mass is 263 g/mol. The third kappa shape index (κ3) is 4.11. The Morgan fingerprint density at radius 3 is 2.84 bits per heavy atom. The summed E-state index contributed by atoms with van der Waals surface area (Å²) in [7, 11) is 6.05. The number of likely N-dealkylation sites (tertiary alicyclic amines) is 1. The molecule has 1 heterocycles. The van der Waals surface area contributed by atoms with E-state index in [1.165, 1.54) is 25.1 Å². The zero-order valence-corrected chi connectivity index (χ0v) is 12.2. The van der Waals surface area contributed by atoms with E-state index in [1.54, 1.807) is 7.11 Å². The van der Waals surface area contributed by atoms with E-state index >= 15 is 0 Å². The van der Waals surface area contributed by atoms with Gasteiger partial charge in [-0.05, 0) is 50.7 Å². The van der Waals surface area contributed by atoms with Crippen LogP contribution in [-0.4, -0.2) is 50.6 Å². The number of benzene rings is 1. The lowest BCUT2D eigenvalue weighted by Gasteiger charge is -2.21. The van der Waals surface area contributed by atoms with Gasteiger partial charge in [0.1, 0.15) is 5.75 Å². The number of rotatable bonds is 5. The topological polar surface area (TPSA) is 41.7 Å². The van der Waals surface area contributed by atoms with Gasteiger partial charge in [-0.2, -0.15) is 0 Å². The minimum Gasteiger partial charge on any atom is -0.497 e. The fourth-order valence-electron chi connectivity index (χ4n) is 2.89. The molecule has 0 aliphatic carbocycles. The molecule has 1 aliphatic heterocycles. The van der Waals surface area contributed by atoms with E-state index in [4.69, 9.17) is 10.5 Å². The largest absolute Gasteiger partial charge is 0.497 e. The summed E-state index contributed by atoms with van der Waals surface area (Å²) in [5.41, 5.74) is 7.87. The summed E-state index contributed by atoms with van der Waals surface area (Å²) in [5.74, 6) is 1.63. The number of anilines is 1. The lowest BCUT2D eigenvalue weighted by molar-refractivity contribution is 0.267. The van der Waals surface area contributed by atoms with Crippen LogP contribution in [0.5, 0.6) is 5.75 Å². The average Bonchev–Trinajstić information content (AvgIpc) is 2.73. The Kier molecular flexibility index (Phi) is 4.66. The first-order valence-corrected chi connectivity index (χ1v) is 6.87. The van der Waals surface area contributed by atoms with E-state index in [-0.39, 0.29) is 0 Å². The van der Waals surface area contributed by atoms with Crippen molar-refractivity contribution in [2.75, 3.05) is 46.6 Å². The van der Waals surface area contributed by atoms with Gasteiger partial charge in [0, 0.05) is 31.4 Å². The molecule has 0 spiro atoms. The number of nitrogens with zero attached hydrogens (tertiary/aromatic N) is 2. The molecule has 1 unspecified atom stereocenters. The summed E-state index contributed by atoms with van der Waals surface area (Å²) in [5, 5.41) is 0. The zero-order valence-electron chi connectivity index (χ0n) is 12.2. The number of nitrogen functional groups attached to an aromatic ring is 1. The van der Waals surface area contributed by atoms with Crippen molar-refractivity contribution in [2.24, 2.45) is 5.92 Å². The first-order chi connectivity index (χ1) is 9.06. The number of nitrogens with two attached hydrogens (primary N) is 1. The lowest BCUT2D eigenvalue weighted by atomic mass is 10.1. The molecule has 0 bridgehead atoms. The molecule has 1 aromatic rings. The quantitative estimate of drug-likeness (QED) is 0.820. The van der Waals surface area contributed by atoms with Crippen LogP contribution < -0.4 is 10.5 Å². The normalized spacial score (nSPS) is 20.1. The predicted molar refractivity (Wildman–Crippen MR) is 79.3 cm³/mol. The molecule has 4 nitrogen and oxygen atoms in total. The van der Waals surface area contributed by atoms with Crippen molar-refractivity contribution in [1.29, 1.82) is 0 Å². The Morgan fingerprint density at radius 2 is 2.21 bits per heavy atom. The third-order valence-corrected chi connectivity index (χ3v) is 3.74. The van der Waals surface area contributed by atoms with Gasteiger partial charge in [-0.25, -0.2) is 0 Å². The van der Waals surface area contributed by atoms with Crippen LogP contribution in [0.2, 0.25) is 0 Å². The van der Waals surface area contributed by atoms with Crippen LogP contribution in [-0.2, 0) is 6.54 Å². The third-order valence-electron chi connectivity index (χ3n) is 3.74. The van der Waals surface area contributed by atoms with E-state index in [9.17, 15) is 0 Å². The van der Waals surface area contributed by atoms with Gasteiger partial charge in [0.05, 0.1) is 7.11 Å². The Hall–Kier alpha value is -1.26.